The first-order chi connectivity index (χ1) is 15.4. The Labute approximate surface area is 181 Å². The van der Waals surface area contributed by atoms with Crippen molar-refractivity contribution in [1.82, 2.24) is 14.5 Å². The number of alkyl halides is 3. The number of nitrogens with one attached hydrogen (secondary N) is 1. The number of piperidine rings is 1. The highest BCUT2D eigenvalue weighted by molar-refractivity contribution is 5.89. The Balaban J connectivity index is 1.23. The molecule has 168 valence electrons. The van der Waals surface area contributed by atoms with E-state index in [-0.39, 0.29) is 25.3 Å². The zero-order valence-electron chi connectivity index (χ0n) is 17.1. The van der Waals surface area contributed by atoms with Gasteiger partial charge in [0.2, 0.25) is 12.6 Å². The average molecular weight is 446 g/mol. The lowest BCUT2D eigenvalue weighted by Gasteiger charge is -2.32. The summed E-state index contributed by atoms with van der Waals surface area (Å²) in [6, 6.07) is 11.6. The predicted molar refractivity (Wildman–Crippen MR) is 111 cm³/mol. The highest BCUT2D eigenvalue weighted by Gasteiger charge is 2.38. The van der Waals surface area contributed by atoms with Gasteiger partial charge in [0.25, 0.3) is 0 Å². The SMILES string of the molecule is O=C(Nc1ccc2c(c1)OCO2)N1CCC(Cn2c(C(F)(F)F)nc3ccccc32)CC1. The third-order valence-corrected chi connectivity index (χ3v) is 5.87. The number of likely N-dealkylation sites (tertiary alicyclic amines) is 1. The number of carbonyl (C=O) groups is 1. The van der Waals surface area contributed by atoms with Crippen molar-refractivity contribution in [2.45, 2.75) is 25.6 Å². The van der Waals surface area contributed by atoms with Gasteiger partial charge in [-0.3, -0.25) is 0 Å². The van der Waals surface area contributed by atoms with Crippen molar-refractivity contribution in [3.05, 3.63) is 48.3 Å². The molecule has 5 rings (SSSR count). The number of rotatable bonds is 3. The van der Waals surface area contributed by atoms with Crippen LogP contribution < -0.4 is 14.8 Å². The number of nitrogens with zero attached hydrogens (tertiary/aromatic N) is 3. The van der Waals surface area contributed by atoms with Crippen LogP contribution in [0.15, 0.2) is 42.5 Å². The first kappa shape index (κ1) is 20.5. The van der Waals surface area contributed by atoms with E-state index in [1.165, 1.54) is 4.57 Å². The molecule has 2 amide bonds. The second-order valence-electron chi connectivity index (χ2n) is 7.96. The summed E-state index contributed by atoms with van der Waals surface area (Å²) in [6.45, 7) is 1.31. The predicted octanol–water partition coefficient (Wildman–Crippen LogP) is 4.73. The molecule has 2 aliphatic heterocycles. The van der Waals surface area contributed by atoms with Crippen LogP contribution in [0.2, 0.25) is 0 Å². The highest BCUT2D eigenvalue weighted by atomic mass is 19.4. The first-order valence-corrected chi connectivity index (χ1v) is 10.4. The van der Waals surface area contributed by atoms with Gasteiger partial charge < -0.3 is 24.3 Å². The van der Waals surface area contributed by atoms with Crippen LogP contribution in [0.1, 0.15) is 18.7 Å². The molecular formula is C22H21F3N4O3. The lowest BCUT2D eigenvalue weighted by atomic mass is 9.96. The van der Waals surface area contributed by atoms with E-state index in [1.54, 1.807) is 47.4 Å². The Morgan fingerprint density at radius 2 is 1.84 bits per heavy atom. The van der Waals surface area contributed by atoms with Crippen molar-refractivity contribution in [1.29, 1.82) is 0 Å². The maximum Gasteiger partial charge on any atom is 0.449 e. The van der Waals surface area contributed by atoms with Gasteiger partial charge in [0.1, 0.15) is 0 Å². The Bertz CT molecular complexity index is 1150. The number of amides is 2. The molecule has 0 spiro atoms. The third kappa shape index (κ3) is 3.92. The van der Waals surface area contributed by atoms with Gasteiger partial charge in [-0.2, -0.15) is 13.2 Å². The number of hydrogen-bond acceptors (Lipinski definition) is 4. The molecule has 3 aromatic rings. The van der Waals surface area contributed by atoms with Crippen LogP contribution in [0.4, 0.5) is 23.7 Å². The van der Waals surface area contributed by atoms with Gasteiger partial charge in [0.15, 0.2) is 11.5 Å². The van der Waals surface area contributed by atoms with Crippen LogP contribution in [0, 0.1) is 5.92 Å². The standard InChI is InChI=1S/C22H21F3N4O3/c23-22(24,25)20-27-16-3-1-2-4-17(16)29(20)12-14-7-9-28(10-8-14)21(30)26-15-5-6-18-19(11-15)32-13-31-18/h1-6,11,14H,7-10,12-13H2,(H,26,30). The number of fused-ring (bicyclic) bond motifs is 2. The summed E-state index contributed by atoms with van der Waals surface area (Å²) in [7, 11) is 0. The molecule has 1 N–H and O–H groups in total. The molecule has 3 heterocycles. The Kier molecular flexibility index (Phi) is 5.07. The van der Waals surface area contributed by atoms with Crippen LogP contribution in [0.3, 0.4) is 0 Å². The van der Waals surface area contributed by atoms with Crippen molar-refractivity contribution in [3.8, 4) is 11.5 Å². The van der Waals surface area contributed by atoms with Crippen molar-refractivity contribution < 1.29 is 27.4 Å². The molecular weight excluding hydrogens is 425 g/mol. The Morgan fingerprint density at radius 3 is 2.62 bits per heavy atom. The van der Waals surface area contributed by atoms with Crippen molar-refractivity contribution in [2.75, 3.05) is 25.2 Å². The zero-order chi connectivity index (χ0) is 22.3. The molecule has 1 aromatic heterocycles. The molecule has 0 atom stereocenters. The first-order valence-electron chi connectivity index (χ1n) is 10.4. The molecule has 7 nitrogen and oxygen atoms in total. The summed E-state index contributed by atoms with van der Waals surface area (Å²) >= 11 is 0. The van der Waals surface area contributed by atoms with E-state index >= 15 is 0 Å². The second kappa shape index (κ2) is 7.92. The van der Waals surface area contributed by atoms with E-state index in [0.29, 0.717) is 54.2 Å². The fourth-order valence-corrected chi connectivity index (χ4v) is 4.23. The summed E-state index contributed by atoms with van der Waals surface area (Å²) < 4.78 is 52.5. The summed E-state index contributed by atoms with van der Waals surface area (Å²) in [5, 5.41) is 2.84. The molecule has 1 fully saturated rings. The van der Waals surface area contributed by atoms with Crippen LogP contribution in [-0.4, -0.2) is 40.4 Å². The van der Waals surface area contributed by atoms with Crippen LogP contribution in [0.25, 0.3) is 11.0 Å². The van der Waals surface area contributed by atoms with Crippen molar-refractivity contribution in [2.24, 2.45) is 5.92 Å². The van der Waals surface area contributed by atoms with E-state index < -0.39 is 12.0 Å². The van der Waals surface area contributed by atoms with Crippen LogP contribution >= 0.6 is 0 Å². The Morgan fingerprint density at radius 1 is 1.09 bits per heavy atom. The number of benzene rings is 2. The highest BCUT2D eigenvalue weighted by Crippen LogP contribution is 2.35. The zero-order valence-corrected chi connectivity index (χ0v) is 17.1. The number of hydrogen-bond donors (Lipinski definition) is 1. The molecule has 0 aliphatic carbocycles. The third-order valence-electron chi connectivity index (χ3n) is 5.87. The minimum absolute atomic E-state index is 0.0169. The maximum absolute atomic E-state index is 13.5. The van der Waals surface area contributed by atoms with Crippen LogP contribution in [0.5, 0.6) is 11.5 Å². The average Bonchev–Trinajstić information content (AvgIpc) is 3.38. The van der Waals surface area contributed by atoms with Crippen LogP contribution in [-0.2, 0) is 12.7 Å². The lowest BCUT2D eigenvalue weighted by Crippen LogP contribution is -2.41. The molecule has 0 bridgehead atoms. The van der Waals surface area contributed by atoms with Gasteiger partial charge in [0, 0.05) is 31.4 Å². The number of urea groups is 1. The van der Waals surface area contributed by atoms with Crippen molar-refractivity contribution >= 4 is 22.8 Å². The molecule has 0 unspecified atom stereocenters. The van der Waals surface area contributed by atoms with Gasteiger partial charge in [-0.25, -0.2) is 9.78 Å². The van der Waals surface area contributed by atoms with E-state index in [9.17, 15) is 18.0 Å². The van der Waals surface area contributed by atoms with E-state index in [0.717, 1.165) is 0 Å². The summed E-state index contributed by atoms with van der Waals surface area (Å²) in [5.74, 6) is 0.355. The molecule has 1 saturated heterocycles. The maximum atomic E-state index is 13.5. The lowest BCUT2D eigenvalue weighted by molar-refractivity contribution is -0.147. The second-order valence-corrected chi connectivity index (χ2v) is 7.96. The number of halogens is 3. The van der Waals surface area contributed by atoms with E-state index in [4.69, 9.17) is 9.47 Å². The summed E-state index contributed by atoms with van der Waals surface area (Å²) in [5.41, 5.74) is 1.41. The molecule has 2 aliphatic rings. The van der Waals surface area contributed by atoms with Crippen molar-refractivity contribution in [3.63, 3.8) is 0 Å². The normalized spacial score (nSPS) is 16.5. The number of para-hydroxylation sites is 2. The van der Waals surface area contributed by atoms with Gasteiger partial charge in [-0.1, -0.05) is 12.1 Å². The molecule has 32 heavy (non-hydrogen) atoms. The number of anilines is 1. The summed E-state index contributed by atoms with van der Waals surface area (Å²) in [4.78, 5) is 18.1. The molecule has 10 heteroatoms. The largest absolute Gasteiger partial charge is 0.454 e. The smallest absolute Gasteiger partial charge is 0.449 e. The number of imidazole rings is 1. The van der Waals surface area contributed by atoms with Gasteiger partial charge >= 0.3 is 12.2 Å². The quantitative estimate of drug-likeness (QED) is 0.632. The topological polar surface area (TPSA) is 68.6 Å². The van der Waals surface area contributed by atoms with E-state index in [1.807, 2.05) is 0 Å². The fraction of sp³-hybridized carbons (Fsp3) is 0.364. The monoisotopic (exact) mass is 446 g/mol. The minimum atomic E-state index is -4.52. The molecule has 0 saturated carbocycles. The van der Waals surface area contributed by atoms with Gasteiger partial charge in [-0.05, 0) is 43.0 Å². The Hall–Kier alpha value is -3.43. The van der Waals surface area contributed by atoms with E-state index in [2.05, 4.69) is 10.3 Å². The van der Waals surface area contributed by atoms with Gasteiger partial charge in [0.05, 0.1) is 11.0 Å². The molecule has 2 aromatic carbocycles. The number of aromatic nitrogens is 2. The fourth-order valence-electron chi connectivity index (χ4n) is 4.23. The number of ether oxygens (including phenoxy) is 2. The molecule has 0 radical (unpaired) electrons. The minimum Gasteiger partial charge on any atom is -0.454 e. The van der Waals surface area contributed by atoms with Gasteiger partial charge in [-0.15, -0.1) is 0 Å². The summed E-state index contributed by atoms with van der Waals surface area (Å²) in [6.07, 6.45) is -3.30. The number of carbonyl (C=O) groups excluding carboxylic acids is 1.